The summed E-state index contributed by atoms with van der Waals surface area (Å²) >= 11 is 0. The number of amides is 1. The lowest BCUT2D eigenvalue weighted by Crippen LogP contribution is -2.28. The fourth-order valence-corrected chi connectivity index (χ4v) is 2.30. The molecule has 0 bridgehead atoms. The van der Waals surface area contributed by atoms with Crippen LogP contribution in [0.5, 0.6) is 0 Å². The average Bonchev–Trinajstić information content (AvgIpc) is 2.93. The highest BCUT2D eigenvalue weighted by atomic mass is 16.2. The topological polar surface area (TPSA) is 44.1 Å². The van der Waals surface area contributed by atoms with Gasteiger partial charge in [0.05, 0.1) is 0 Å². The molecule has 0 unspecified atom stereocenters. The van der Waals surface area contributed by atoms with Crippen LogP contribution in [0.3, 0.4) is 0 Å². The molecule has 0 N–H and O–H groups in total. The van der Waals surface area contributed by atoms with Gasteiger partial charge in [0.25, 0.3) is 5.91 Å². The van der Waals surface area contributed by atoms with E-state index in [9.17, 15) is 10.1 Å². The molecule has 0 aliphatic carbocycles. The van der Waals surface area contributed by atoms with Crippen molar-refractivity contribution in [3.63, 3.8) is 0 Å². The molecule has 1 fully saturated rings. The standard InChI is InChI=1S/C16H18N2O/c1-12-5-6-13(2)14(9-12)10-15(11-17)16(19)18-7-3-4-8-18/h5-6,9-10H,3-4,7-8H2,1-2H3/b15-10+. The van der Waals surface area contributed by atoms with E-state index in [2.05, 4.69) is 0 Å². The lowest BCUT2D eigenvalue weighted by molar-refractivity contribution is -0.125. The molecule has 1 aliphatic heterocycles. The fourth-order valence-electron chi connectivity index (χ4n) is 2.30. The Hall–Kier alpha value is -2.08. The predicted molar refractivity (Wildman–Crippen MR) is 75.3 cm³/mol. The number of hydrogen-bond acceptors (Lipinski definition) is 2. The number of rotatable bonds is 2. The van der Waals surface area contributed by atoms with E-state index in [4.69, 9.17) is 0 Å². The van der Waals surface area contributed by atoms with Crippen LogP contribution < -0.4 is 0 Å². The Morgan fingerprint density at radius 3 is 2.63 bits per heavy atom. The largest absolute Gasteiger partial charge is 0.338 e. The maximum atomic E-state index is 12.2. The van der Waals surface area contributed by atoms with Gasteiger partial charge in [0.15, 0.2) is 0 Å². The molecule has 1 saturated heterocycles. The van der Waals surface area contributed by atoms with Crippen molar-refractivity contribution in [2.75, 3.05) is 13.1 Å². The van der Waals surface area contributed by atoms with Crippen LogP contribution in [0.1, 0.15) is 29.5 Å². The lowest BCUT2D eigenvalue weighted by atomic mass is 10.0. The zero-order chi connectivity index (χ0) is 13.8. The molecule has 0 aromatic heterocycles. The van der Waals surface area contributed by atoms with E-state index in [1.54, 1.807) is 11.0 Å². The molecule has 0 atom stereocenters. The number of carbonyl (C=O) groups is 1. The van der Waals surface area contributed by atoms with E-state index in [1.807, 2.05) is 38.1 Å². The van der Waals surface area contributed by atoms with Gasteiger partial charge in [0.2, 0.25) is 0 Å². The van der Waals surface area contributed by atoms with Crippen LogP contribution in [0, 0.1) is 25.2 Å². The third-order valence-electron chi connectivity index (χ3n) is 3.48. The second kappa shape index (κ2) is 5.71. The first-order valence-electron chi connectivity index (χ1n) is 6.60. The number of aryl methyl sites for hydroxylation is 2. The SMILES string of the molecule is Cc1ccc(C)c(/C=C(\C#N)C(=O)N2CCCC2)c1. The highest BCUT2D eigenvalue weighted by molar-refractivity contribution is 6.01. The summed E-state index contributed by atoms with van der Waals surface area (Å²) in [6, 6.07) is 8.09. The Morgan fingerprint density at radius 1 is 1.32 bits per heavy atom. The molecule has 19 heavy (non-hydrogen) atoms. The van der Waals surface area contributed by atoms with Crippen molar-refractivity contribution in [1.82, 2.24) is 4.90 Å². The number of hydrogen-bond donors (Lipinski definition) is 0. The van der Waals surface area contributed by atoms with E-state index < -0.39 is 0 Å². The second-order valence-electron chi connectivity index (χ2n) is 5.03. The molecule has 1 heterocycles. The maximum Gasteiger partial charge on any atom is 0.264 e. The maximum absolute atomic E-state index is 12.2. The Labute approximate surface area is 114 Å². The van der Waals surface area contributed by atoms with Gasteiger partial charge in [0, 0.05) is 13.1 Å². The van der Waals surface area contributed by atoms with Gasteiger partial charge in [-0.05, 0) is 43.9 Å². The molecule has 1 aromatic carbocycles. The van der Waals surface area contributed by atoms with Gasteiger partial charge in [-0.15, -0.1) is 0 Å². The molecule has 2 rings (SSSR count). The normalized spacial score (nSPS) is 15.4. The number of benzene rings is 1. The fraction of sp³-hybridized carbons (Fsp3) is 0.375. The van der Waals surface area contributed by atoms with Crippen LogP contribution >= 0.6 is 0 Å². The van der Waals surface area contributed by atoms with Crippen molar-refractivity contribution in [1.29, 1.82) is 5.26 Å². The van der Waals surface area contributed by atoms with E-state index in [-0.39, 0.29) is 11.5 Å². The summed E-state index contributed by atoms with van der Waals surface area (Å²) < 4.78 is 0. The van der Waals surface area contributed by atoms with Crippen LogP contribution in [0.25, 0.3) is 6.08 Å². The minimum absolute atomic E-state index is 0.138. The van der Waals surface area contributed by atoms with Crippen LogP contribution in [0.2, 0.25) is 0 Å². The third-order valence-corrected chi connectivity index (χ3v) is 3.48. The molecule has 0 radical (unpaired) electrons. The monoisotopic (exact) mass is 254 g/mol. The molecule has 0 saturated carbocycles. The van der Waals surface area contributed by atoms with Gasteiger partial charge in [-0.2, -0.15) is 5.26 Å². The van der Waals surface area contributed by atoms with Gasteiger partial charge >= 0.3 is 0 Å². The molecule has 3 heteroatoms. The molecule has 1 aromatic rings. The van der Waals surface area contributed by atoms with Gasteiger partial charge < -0.3 is 4.90 Å². The summed E-state index contributed by atoms with van der Waals surface area (Å²) in [5, 5.41) is 9.21. The Balaban J connectivity index is 2.30. The lowest BCUT2D eigenvalue weighted by Gasteiger charge is -2.14. The Morgan fingerprint density at radius 2 is 2.00 bits per heavy atom. The van der Waals surface area contributed by atoms with Gasteiger partial charge in [-0.25, -0.2) is 0 Å². The average molecular weight is 254 g/mol. The summed E-state index contributed by atoms with van der Waals surface area (Å²) in [6.07, 6.45) is 3.78. The van der Waals surface area contributed by atoms with Crippen molar-refractivity contribution >= 4 is 12.0 Å². The minimum atomic E-state index is -0.138. The van der Waals surface area contributed by atoms with E-state index in [1.165, 1.54) is 0 Å². The van der Waals surface area contributed by atoms with Crippen LogP contribution in [-0.4, -0.2) is 23.9 Å². The Bertz CT molecular complexity index is 561. The number of likely N-dealkylation sites (tertiary alicyclic amines) is 1. The molecular weight excluding hydrogens is 236 g/mol. The summed E-state index contributed by atoms with van der Waals surface area (Å²) in [7, 11) is 0. The van der Waals surface area contributed by atoms with Gasteiger partial charge in [0.1, 0.15) is 11.6 Å². The van der Waals surface area contributed by atoms with E-state index in [0.29, 0.717) is 0 Å². The highest BCUT2D eigenvalue weighted by Crippen LogP contribution is 2.17. The first-order chi connectivity index (χ1) is 9.11. The molecular formula is C16H18N2O. The molecule has 1 aliphatic rings. The number of nitriles is 1. The van der Waals surface area contributed by atoms with Gasteiger partial charge in [-0.3, -0.25) is 4.79 Å². The van der Waals surface area contributed by atoms with Crippen LogP contribution in [0.15, 0.2) is 23.8 Å². The van der Waals surface area contributed by atoms with Crippen molar-refractivity contribution in [2.24, 2.45) is 0 Å². The zero-order valence-electron chi connectivity index (χ0n) is 11.4. The van der Waals surface area contributed by atoms with Crippen molar-refractivity contribution in [2.45, 2.75) is 26.7 Å². The first kappa shape index (κ1) is 13.4. The van der Waals surface area contributed by atoms with Crippen molar-refractivity contribution in [3.05, 3.63) is 40.5 Å². The van der Waals surface area contributed by atoms with E-state index in [0.717, 1.165) is 42.6 Å². The summed E-state index contributed by atoms with van der Waals surface area (Å²) in [5.74, 6) is -0.138. The van der Waals surface area contributed by atoms with Gasteiger partial charge in [-0.1, -0.05) is 23.8 Å². The molecule has 3 nitrogen and oxygen atoms in total. The summed E-state index contributed by atoms with van der Waals surface area (Å²) in [5.41, 5.74) is 3.38. The smallest absolute Gasteiger partial charge is 0.264 e. The van der Waals surface area contributed by atoms with Crippen LogP contribution in [-0.2, 0) is 4.79 Å². The Kier molecular flexibility index (Phi) is 4.01. The van der Waals surface area contributed by atoms with E-state index >= 15 is 0 Å². The summed E-state index contributed by atoms with van der Waals surface area (Å²) in [6.45, 7) is 5.53. The summed E-state index contributed by atoms with van der Waals surface area (Å²) in [4.78, 5) is 14.0. The van der Waals surface area contributed by atoms with Crippen LogP contribution in [0.4, 0.5) is 0 Å². The quantitative estimate of drug-likeness (QED) is 0.601. The predicted octanol–water partition coefficient (Wildman–Crippen LogP) is 2.83. The highest BCUT2D eigenvalue weighted by Gasteiger charge is 2.21. The number of nitrogens with zero attached hydrogens (tertiary/aromatic N) is 2. The molecule has 0 spiro atoms. The zero-order valence-corrected chi connectivity index (χ0v) is 11.4. The second-order valence-corrected chi connectivity index (χ2v) is 5.03. The molecule has 1 amide bonds. The molecule has 98 valence electrons. The number of carbonyl (C=O) groups excluding carboxylic acids is 1. The minimum Gasteiger partial charge on any atom is -0.338 e. The van der Waals surface area contributed by atoms with Crippen molar-refractivity contribution in [3.8, 4) is 6.07 Å². The van der Waals surface area contributed by atoms with Crippen molar-refractivity contribution < 1.29 is 4.79 Å². The third kappa shape index (κ3) is 3.03. The first-order valence-corrected chi connectivity index (χ1v) is 6.60.